The molecule has 1 saturated carbocycles. The summed E-state index contributed by atoms with van der Waals surface area (Å²) in [6.07, 6.45) is 3.44. The lowest BCUT2D eigenvalue weighted by Crippen LogP contribution is -2.49. The van der Waals surface area contributed by atoms with Crippen LogP contribution in [0.2, 0.25) is 0 Å². The minimum atomic E-state index is -0.293. The van der Waals surface area contributed by atoms with Crippen LogP contribution in [0.4, 0.5) is 10.6 Å². The highest BCUT2D eigenvalue weighted by molar-refractivity contribution is 5.93. The Balaban J connectivity index is 1.39. The predicted octanol–water partition coefficient (Wildman–Crippen LogP) is 2.84. The first-order chi connectivity index (χ1) is 14.5. The van der Waals surface area contributed by atoms with E-state index in [0.717, 1.165) is 46.7 Å². The van der Waals surface area contributed by atoms with E-state index in [1.165, 1.54) is 7.11 Å². The van der Waals surface area contributed by atoms with E-state index in [-0.39, 0.29) is 11.7 Å². The van der Waals surface area contributed by atoms with Crippen LogP contribution in [0, 0.1) is 0 Å². The molecule has 2 fully saturated rings. The minimum absolute atomic E-state index is 0.0357. The first-order valence-corrected chi connectivity index (χ1v) is 10.1. The molecule has 5 rings (SSSR count). The molecule has 30 heavy (non-hydrogen) atoms. The van der Waals surface area contributed by atoms with Crippen molar-refractivity contribution in [2.24, 2.45) is 0 Å². The highest BCUT2D eigenvalue weighted by atomic mass is 16.5. The van der Waals surface area contributed by atoms with Crippen LogP contribution in [0.3, 0.4) is 0 Å². The number of hydrogen-bond acceptors (Lipinski definition) is 7. The van der Waals surface area contributed by atoms with E-state index in [4.69, 9.17) is 9.47 Å². The van der Waals surface area contributed by atoms with Gasteiger partial charge in [0.25, 0.3) is 0 Å². The van der Waals surface area contributed by atoms with Gasteiger partial charge in [-0.25, -0.2) is 14.8 Å². The van der Waals surface area contributed by atoms with Crippen molar-refractivity contribution in [3.8, 4) is 17.1 Å². The molecule has 3 heterocycles. The van der Waals surface area contributed by atoms with Crippen molar-refractivity contribution in [1.29, 1.82) is 0 Å². The number of aromatic nitrogens is 4. The Morgan fingerprint density at radius 3 is 2.67 bits per heavy atom. The average Bonchev–Trinajstić information content (AvgIpc) is 3.35. The maximum Gasteiger partial charge on any atom is 0.409 e. The normalized spacial score (nSPS) is 17.8. The number of carbonyl (C=O) groups excluding carboxylic acids is 1. The Morgan fingerprint density at radius 2 is 1.93 bits per heavy atom. The van der Waals surface area contributed by atoms with Gasteiger partial charge in [0.2, 0.25) is 0 Å². The van der Waals surface area contributed by atoms with E-state index < -0.39 is 0 Å². The zero-order valence-electron chi connectivity index (χ0n) is 17.1. The quantitative estimate of drug-likeness (QED) is 0.709. The fraction of sp³-hybridized carbons (Fsp3) is 0.429. The summed E-state index contributed by atoms with van der Waals surface area (Å²) in [5.74, 6) is 1.66. The molecule has 1 aromatic carbocycles. The van der Waals surface area contributed by atoms with Gasteiger partial charge in [-0.1, -0.05) is 0 Å². The topological polar surface area (TPSA) is 96.5 Å². The molecule has 1 N–H and O–H groups in total. The van der Waals surface area contributed by atoms with Gasteiger partial charge in [-0.15, -0.1) is 0 Å². The van der Waals surface area contributed by atoms with Gasteiger partial charge >= 0.3 is 6.09 Å². The number of methoxy groups -OCH3 is 1. The smallest absolute Gasteiger partial charge is 0.409 e. The number of nitrogens with zero attached hydrogens (tertiary/aromatic N) is 5. The number of carbonyl (C=O) groups is 1. The molecule has 2 aromatic heterocycles. The average molecular weight is 408 g/mol. The molecule has 3 aromatic rings. The number of benzene rings is 1. The molecular formula is C21H24N6O3. The van der Waals surface area contributed by atoms with Gasteiger partial charge in [-0.3, -0.25) is 5.10 Å². The standard InChI is InChI=1S/C21H24N6O3/c1-21(5-6-21)30-14-3-4-16-15(11-14)19(25-24-16)17-12-18(23-13-22-17)26-7-9-27(10-8-26)20(28)29-2/h3-4,11-13H,5-10H2,1-2H3,(H,24,25). The fourth-order valence-electron chi connectivity index (χ4n) is 3.71. The Labute approximate surface area is 174 Å². The molecule has 9 heteroatoms. The zero-order valence-corrected chi connectivity index (χ0v) is 17.1. The lowest BCUT2D eigenvalue weighted by Gasteiger charge is -2.34. The lowest BCUT2D eigenvalue weighted by molar-refractivity contribution is 0.121. The van der Waals surface area contributed by atoms with Crippen LogP contribution in [0.25, 0.3) is 22.3 Å². The van der Waals surface area contributed by atoms with Crippen molar-refractivity contribution in [1.82, 2.24) is 25.1 Å². The summed E-state index contributed by atoms with van der Waals surface area (Å²) in [6, 6.07) is 7.93. The number of ether oxygens (including phenoxy) is 2. The number of H-pyrrole nitrogens is 1. The lowest BCUT2D eigenvalue weighted by atomic mass is 10.1. The number of hydrogen-bond donors (Lipinski definition) is 1. The summed E-state index contributed by atoms with van der Waals surface area (Å²) in [7, 11) is 1.40. The maximum absolute atomic E-state index is 11.7. The second-order valence-corrected chi connectivity index (χ2v) is 8.04. The van der Waals surface area contributed by atoms with Crippen LogP contribution in [0.5, 0.6) is 5.75 Å². The molecule has 156 valence electrons. The monoisotopic (exact) mass is 408 g/mol. The van der Waals surface area contributed by atoms with Crippen LogP contribution in [-0.2, 0) is 4.74 Å². The van der Waals surface area contributed by atoms with Gasteiger partial charge in [0, 0.05) is 37.6 Å². The molecule has 1 aliphatic carbocycles. The first-order valence-electron chi connectivity index (χ1n) is 10.1. The molecule has 2 aliphatic rings. The number of fused-ring (bicyclic) bond motifs is 1. The van der Waals surface area contributed by atoms with Gasteiger partial charge in [0.1, 0.15) is 29.2 Å². The second kappa shape index (κ2) is 7.16. The highest BCUT2D eigenvalue weighted by Gasteiger charge is 2.40. The predicted molar refractivity (Wildman–Crippen MR) is 112 cm³/mol. The third-order valence-electron chi connectivity index (χ3n) is 5.78. The van der Waals surface area contributed by atoms with Crippen molar-refractivity contribution in [3.05, 3.63) is 30.6 Å². The maximum atomic E-state index is 11.7. The van der Waals surface area contributed by atoms with E-state index in [9.17, 15) is 4.79 Å². The van der Waals surface area contributed by atoms with Crippen molar-refractivity contribution in [2.45, 2.75) is 25.4 Å². The third-order valence-corrected chi connectivity index (χ3v) is 5.78. The number of amides is 1. The number of piperazine rings is 1. The van der Waals surface area contributed by atoms with E-state index in [1.807, 2.05) is 24.3 Å². The van der Waals surface area contributed by atoms with Gasteiger partial charge in [-0.2, -0.15) is 5.10 Å². The molecule has 0 spiro atoms. The van der Waals surface area contributed by atoms with Gasteiger partial charge in [-0.05, 0) is 38.0 Å². The summed E-state index contributed by atoms with van der Waals surface area (Å²) < 4.78 is 10.9. The zero-order chi connectivity index (χ0) is 20.7. The van der Waals surface area contributed by atoms with Crippen LogP contribution in [-0.4, -0.2) is 70.0 Å². The number of rotatable bonds is 4. The molecule has 0 atom stereocenters. The van der Waals surface area contributed by atoms with Crippen molar-refractivity contribution in [2.75, 3.05) is 38.2 Å². The van der Waals surface area contributed by atoms with Crippen molar-refractivity contribution in [3.63, 3.8) is 0 Å². The summed E-state index contributed by atoms with van der Waals surface area (Å²) >= 11 is 0. The number of aromatic amines is 1. The Hall–Kier alpha value is -3.36. The number of anilines is 1. The number of nitrogens with one attached hydrogen (secondary N) is 1. The van der Waals surface area contributed by atoms with E-state index in [0.29, 0.717) is 26.2 Å². The van der Waals surface area contributed by atoms with E-state index in [1.54, 1.807) is 11.2 Å². The van der Waals surface area contributed by atoms with Gasteiger partial charge in [0.05, 0.1) is 18.3 Å². The molecule has 9 nitrogen and oxygen atoms in total. The van der Waals surface area contributed by atoms with Gasteiger partial charge in [0.15, 0.2) is 0 Å². The summed E-state index contributed by atoms with van der Waals surface area (Å²) in [6.45, 7) is 4.69. The second-order valence-electron chi connectivity index (χ2n) is 8.04. The molecular weight excluding hydrogens is 384 g/mol. The van der Waals surface area contributed by atoms with Crippen LogP contribution < -0.4 is 9.64 Å². The largest absolute Gasteiger partial charge is 0.488 e. The molecule has 0 radical (unpaired) electrons. The van der Waals surface area contributed by atoms with Crippen LogP contribution >= 0.6 is 0 Å². The molecule has 1 aliphatic heterocycles. The molecule has 1 saturated heterocycles. The molecule has 0 unspecified atom stereocenters. The third kappa shape index (κ3) is 3.51. The Bertz CT molecular complexity index is 1090. The fourth-order valence-corrected chi connectivity index (χ4v) is 3.71. The SMILES string of the molecule is COC(=O)N1CCN(c2cc(-c3n[nH]c4ccc(OC5(C)CC5)cc34)ncn2)CC1. The van der Waals surface area contributed by atoms with Crippen molar-refractivity contribution < 1.29 is 14.3 Å². The summed E-state index contributed by atoms with van der Waals surface area (Å²) in [5, 5.41) is 8.54. The van der Waals surface area contributed by atoms with Crippen LogP contribution in [0.15, 0.2) is 30.6 Å². The first kappa shape index (κ1) is 18.7. The molecule has 0 bridgehead atoms. The Morgan fingerprint density at radius 1 is 1.13 bits per heavy atom. The van der Waals surface area contributed by atoms with Gasteiger partial charge < -0.3 is 19.3 Å². The van der Waals surface area contributed by atoms with E-state index >= 15 is 0 Å². The molecule has 1 amide bonds. The van der Waals surface area contributed by atoms with Crippen molar-refractivity contribution >= 4 is 22.8 Å². The summed E-state index contributed by atoms with van der Waals surface area (Å²) in [5.41, 5.74) is 2.42. The summed E-state index contributed by atoms with van der Waals surface area (Å²) in [4.78, 5) is 24.4. The van der Waals surface area contributed by atoms with E-state index in [2.05, 4.69) is 32.0 Å². The Kier molecular flexibility index (Phi) is 4.45. The van der Waals surface area contributed by atoms with Crippen LogP contribution in [0.1, 0.15) is 19.8 Å². The minimum Gasteiger partial charge on any atom is -0.488 e. The highest BCUT2D eigenvalue weighted by Crippen LogP contribution is 2.40.